The molecule has 8 aliphatic carbocycles. The quantitative estimate of drug-likeness (QED) is 0.194. The molecule has 4 atom stereocenters. The Morgan fingerprint density at radius 3 is 0.792 bits per heavy atom. The van der Waals surface area contributed by atoms with Crippen molar-refractivity contribution in [3.05, 3.63) is 144 Å². The molecule has 8 bridgehead atoms. The van der Waals surface area contributed by atoms with Gasteiger partial charge in [-0.1, -0.05) is 133 Å². The predicted molar refractivity (Wildman–Crippen MR) is 195 cm³/mol. The minimum Gasteiger partial charge on any atom is -0.120 e. The minimum absolute atomic E-state index is 0.0602. The molecule has 8 saturated carbocycles. The van der Waals surface area contributed by atoms with Gasteiger partial charge in [0.1, 0.15) is 0 Å². The van der Waals surface area contributed by atoms with Gasteiger partial charge in [-0.15, -0.1) is 12.8 Å². The first-order valence-corrected chi connectivity index (χ1v) is 18.5. The lowest BCUT2D eigenvalue weighted by Gasteiger charge is -2.80. The zero-order chi connectivity index (χ0) is 32.4. The van der Waals surface area contributed by atoms with Crippen molar-refractivity contribution >= 4 is 0 Å². The summed E-state index contributed by atoms with van der Waals surface area (Å²) >= 11 is 0. The Morgan fingerprint density at radius 1 is 0.312 bits per heavy atom. The van der Waals surface area contributed by atoms with Crippen LogP contribution in [0.4, 0.5) is 0 Å². The van der Waals surface area contributed by atoms with Gasteiger partial charge in [-0.05, 0) is 132 Å². The lowest BCUT2D eigenvalue weighted by atomic mass is 9.23. The fourth-order valence-electron chi connectivity index (χ4n) is 15.1. The summed E-state index contributed by atoms with van der Waals surface area (Å²) in [7, 11) is 0. The maximum atomic E-state index is 6.86. The first-order valence-electron chi connectivity index (χ1n) is 18.5. The number of terminal acetylenes is 2. The van der Waals surface area contributed by atoms with Gasteiger partial charge in [0.05, 0.1) is 0 Å². The number of hydrogen-bond donors (Lipinski definition) is 0. The van der Waals surface area contributed by atoms with Crippen LogP contribution in [0.1, 0.15) is 99.3 Å². The lowest BCUT2D eigenvalue weighted by molar-refractivity contribution is -0.245. The molecular weight excluding hydrogens is 577 g/mol. The van der Waals surface area contributed by atoms with Crippen LogP contribution >= 0.6 is 0 Å². The number of hydrogen-bond acceptors (Lipinski definition) is 0. The van der Waals surface area contributed by atoms with E-state index < -0.39 is 0 Å². The Balaban J connectivity index is 1.25. The first kappa shape index (κ1) is 29.0. The molecule has 4 unspecified atom stereocenters. The minimum atomic E-state index is -0.118. The summed E-state index contributed by atoms with van der Waals surface area (Å²) in [6.45, 7) is 0. The molecule has 238 valence electrons. The maximum Gasteiger partial charge on any atom is 0.0334 e. The molecule has 0 heteroatoms. The summed E-state index contributed by atoms with van der Waals surface area (Å²) in [5.74, 6) is 7.24. The van der Waals surface area contributed by atoms with Gasteiger partial charge in [-0.3, -0.25) is 0 Å². The molecule has 8 fully saturated rings. The lowest BCUT2D eigenvalue weighted by Crippen LogP contribution is -2.73. The van der Waals surface area contributed by atoms with Crippen molar-refractivity contribution in [1.29, 1.82) is 0 Å². The third-order valence-electron chi connectivity index (χ3n) is 15.4. The van der Waals surface area contributed by atoms with Crippen molar-refractivity contribution < 1.29 is 0 Å². The van der Waals surface area contributed by atoms with Gasteiger partial charge in [0.2, 0.25) is 0 Å². The molecule has 0 nitrogen and oxygen atoms in total. The number of benzene rings is 4. The molecule has 8 aliphatic rings. The van der Waals surface area contributed by atoms with Crippen molar-refractivity contribution in [2.75, 3.05) is 0 Å². The molecule has 0 aliphatic heterocycles. The zero-order valence-electron chi connectivity index (χ0n) is 28.2. The van der Waals surface area contributed by atoms with E-state index in [0.717, 1.165) is 38.5 Å². The van der Waals surface area contributed by atoms with Gasteiger partial charge in [0, 0.05) is 10.8 Å². The van der Waals surface area contributed by atoms with E-state index >= 15 is 0 Å². The number of rotatable bonds is 5. The monoisotopic (exact) mass is 622 g/mol. The first-order chi connectivity index (χ1) is 23.3. The molecule has 4 aromatic carbocycles. The highest BCUT2D eigenvalue weighted by Gasteiger charge is 2.78. The highest BCUT2D eigenvalue weighted by Crippen LogP contribution is 2.85. The molecule has 0 aromatic heterocycles. The molecule has 0 radical (unpaired) electrons. The van der Waals surface area contributed by atoms with Crippen LogP contribution < -0.4 is 0 Å². The van der Waals surface area contributed by atoms with Gasteiger partial charge in [0.15, 0.2) is 0 Å². The van der Waals surface area contributed by atoms with E-state index in [1.54, 1.807) is 0 Å². The summed E-state index contributed by atoms with van der Waals surface area (Å²) in [6, 6.07) is 46.4. The normalized spacial score (nSPS) is 43.0. The molecule has 0 spiro atoms. The second kappa shape index (κ2) is 9.36. The van der Waals surface area contributed by atoms with Gasteiger partial charge in [-0.2, -0.15) is 0 Å². The van der Waals surface area contributed by atoms with Crippen LogP contribution in [0.2, 0.25) is 0 Å². The smallest absolute Gasteiger partial charge is 0.0334 e. The largest absolute Gasteiger partial charge is 0.120 e. The Labute approximate surface area is 287 Å². The van der Waals surface area contributed by atoms with Gasteiger partial charge >= 0.3 is 0 Å². The van der Waals surface area contributed by atoms with Crippen LogP contribution in [-0.2, 0) is 21.7 Å². The second-order valence-electron chi connectivity index (χ2n) is 18.1. The van der Waals surface area contributed by atoms with E-state index in [1.165, 1.54) is 60.8 Å². The fraction of sp³-hybridized carbons (Fsp3) is 0.417. The summed E-state index contributed by atoms with van der Waals surface area (Å²) in [6.07, 6.45) is 27.8. The van der Waals surface area contributed by atoms with Crippen LogP contribution in [0.5, 0.6) is 0 Å². The van der Waals surface area contributed by atoms with E-state index in [4.69, 9.17) is 12.8 Å². The predicted octanol–water partition coefficient (Wildman–Crippen LogP) is 10.7. The van der Waals surface area contributed by atoms with E-state index in [-0.39, 0.29) is 43.3 Å². The third kappa shape index (κ3) is 3.65. The molecular formula is C48H46. The summed E-state index contributed by atoms with van der Waals surface area (Å²) < 4.78 is 0. The second-order valence-corrected chi connectivity index (χ2v) is 18.1. The average Bonchev–Trinajstić information content (AvgIpc) is 3.12. The topological polar surface area (TPSA) is 0 Å². The van der Waals surface area contributed by atoms with Crippen LogP contribution in [0.15, 0.2) is 121 Å². The van der Waals surface area contributed by atoms with E-state index in [1.807, 2.05) is 0 Å². The summed E-state index contributed by atoms with van der Waals surface area (Å²) in [5.41, 5.74) is 6.26. The fourth-order valence-corrected chi connectivity index (χ4v) is 15.1. The molecule has 0 heterocycles. The molecule has 12 rings (SSSR count). The highest BCUT2D eigenvalue weighted by atomic mass is 14.8. The molecule has 0 saturated heterocycles. The third-order valence-corrected chi connectivity index (χ3v) is 15.4. The average molecular weight is 623 g/mol. The Bertz CT molecular complexity index is 1710. The Kier molecular flexibility index (Phi) is 5.65. The van der Waals surface area contributed by atoms with Crippen molar-refractivity contribution in [3.8, 4) is 24.7 Å². The van der Waals surface area contributed by atoms with Crippen molar-refractivity contribution in [3.63, 3.8) is 0 Å². The van der Waals surface area contributed by atoms with Gasteiger partial charge in [0.25, 0.3) is 0 Å². The van der Waals surface area contributed by atoms with E-state index in [2.05, 4.69) is 133 Å². The van der Waals surface area contributed by atoms with Gasteiger partial charge < -0.3 is 0 Å². The summed E-state index contributed by atoms with van der Waals surface area (Å²) in [4.78, 5) is 0. The van der Waals surface area contributed by atoms with Crippen LogP contribution in [0, 0.1) is 46.3 Å². The SMILES string of the molecule is C#CC12CC3(c4ccccc4)CC(c4ccccc4)(C1)CC(C14CC5(C#C)CC(c6ccccc6)(CC(c6ccccc6)(C5)C1)C4)(C2)C3. The van der Waals surface area contributed by atoms with Crippen LogP contribution in [0.3, 0.4) is 0 Å². The molecule has 4 aromatic rings. The van der Waals surface area contributed by atoms with Crippen molar-refractivity contribution in [2.24, 2.45) is 21.7 Å². The molecule has 48 heavy (non-hydrogen) atoms. The molecule has 0 amide bonds. The maximum absolute atomic E-state index is 6.86. The van der Waals surface area contributed by atoms with Gasteiger partial charge in [-0.25, -0.2) is 0 Å². The van der Waals surface area contributed by atoms with Crippen molar-refractivity contribution in [1.82, 2.24) is 0 Å². The summed E-state index contributed by atoms with van der Waals surface area (Å²) in [5, 5.41) is 0. The standard InChI is InChI=1S/C48H46/c1-3-41-25-43(37-17-9-5-10-18-37)31-44(26-41,38-19-11-6-12-20-38)34-47(29-41,33-43)48-30-42(4-2)27-45(35-48,39-21-13-7-14-22-39)32-46(28-42,36-48)40-23-15-8-16-24-40/h1-2,5-24H,25-36H2. The van der Waals surface area contributed by atoms with E-state index in [9.17, 15) is 0 Å². The molecule has 0 N–H and O–H groups in total. The van der Waals surface area contributed by atoms with Crippen molar-refractivity contribution in [2.45, 2.75) is 98.7 Å². The van der Waals surface area contributed by atoms with Crippen LogP contribution in [-0.4, -0.2) is 0 Å². The van der Waals surface area contributed by atoms with Crippen LogP contribution in [0.25, 0.3) is 0 Å². The van der Waals surface area contributed by atoms with E-state index in [0.29, 0.717) is 0 Å². The Morgan fingerprint density at radius 2 is 0.562 bits per heavy atom. The zero-order valence-corrected chi connectivity index (χ0v) is 28.2. The Hall–Kier alpha value is -4.00. The highest BCUT2D eigenvalue weighted by molar-refractivity contribution is 5.48.